The number of rotatable bonds is 6. The predicted octanol–water partition coefficient (Wildman–Crippen LogP) is 3.92. The molecule has 4 rings (SSSR count). The van der Waals surface area contributed by atoms with E-state index in [1.165, 1.54) is 18.5 Å². The molecule has 0 saturated carbocycles. The normalized spacial score (nSPS) is 15.2. The van der Waals surface area contributed by atoms with Crippen LogP contribution in [0.5, 0.6) is 0 Å². The molecule has 1 unspecified atom stereocenters. The fraction of sp³-hybridized carbons (Fsp3) is 0.280. The molecule has 1 amide bonds. The Morgan fingerprint density at radius 3 is 2.56 bits per heavy atom. The van der Waals surface area contributed by atoms with Gasteiger partial charge in [0.15, 0.2) is 0 Å². The summed E-state index contributed by atoms with van der Waals surface area (Å²) in [5.41, 5.74) is 4.25. The van der Waals surface area contributed by atoms with Crippen LogP contribution >= 0.6 is 0 Å². The number of carbonyl (C=O) groups is 2. The van der Waals surface area contributed by atoms with Gasteiger partial charge in [-0.2, -0.15) is 10.1 Å². The Morgan fingerprint density at radius 1 is 1.12 bits per heavy atom. The van der Waals surface area contributed by atoms with Crippen molar-refractivity contribution in [3.63, 3.8) is 0 Å². The average molecular weight is 464 g/mol. The van der Waals surface area contributed by atoms with Crippen LogP contribution in [0.25, 0.3) is 0 Å². The Hall–Kier alpha value is -4.01. The largest absolute Gasteiger partial charge is 0.463 e. The maximum Gasteiger partial charge on any atom is 0.338 e. The van der Waals surface area contributed by atoms with Gasteiger partial charge in [0, 0.05) is 11.4 Å². The van der Waals surface area contributed by atoms with Gasteiger partial charge >= 0.3 is 5.97 Å². The molecule has 0 saturated heterocycles. The number of anilines is 2. The summed E-state index contributed by atoms with van der Waals surface area (Å²) in [7, 11) is 0. The van der Waals surface area contributed by atoms with E-state index in [-0.39, 0.29) is 24.9 Å². The third-order valence-corrected chi connectivity index (χ3v) is 5.97. The van der Waals surface area contributed by atoms with Gasteiger partial charge in [-0.25, -0.2) is 13.9 Å². The predicted molar refractivity (Wildman–Crippen MR) is 126 cm³/mol. The Kier molecular flexibility index (Phi) is 6.45. The molecule has 176 valence electrons. The number of halogens is 1. The first-order chi connectivity index (χ1) is 16.3. The van der Waals surface area contributed by atoms with Gasteiger partial charge in [-0.1, -0.05) is 24.3 Å². The van der Waals surface area contributed by atoms with Gasteiger partial charge in [0.25, 0.3) is 0 Å². The van der Waals surface area contributed by atoms with Crippen LogP contribution in [-0.2, 0) is 14.3 Å². The Balaban J connectivity index is 1.73. The number of hydrogen-bond donors (Lipinski definition) is 1. The highest BCUT2D eigenvalue weighted by atomic mass is 19.1. The number of ether oxygens (including phenoxy) is 1. The second-order valence-electron chi connectivity index (χ2n) is 8.06. The third kappa shape index (κ3) is 4.28. The maximum atomic E-state index is 13.6. The van der Waals surface area contributed by atoms with Gasteiger partial charge in [0.1, 0.15) is 24.7 Å². The van der Waals surface area contributed by atoms with Crippen LogP contribution in [0.4, 0.5) is 16.0 Å². The van der Waals surface area contributed by atoms with Crippen molar-refractivity contribution in [1.29, 1.82) is 0 Å². The van der Waals surface area contributed by atoms with E-state index >= 15 is 0 Å². The zero-order chi connectivity index (χ0) is 24.4. The van der Waals surface area contributed by atoms with Crippen molar-refractivity contribution in [3.8, 4) is 0 Å². The second-order valence-corrected chi connectivity index (χ2v) is 8.06. The summed E-state index contributed by atoms with van der Waals surface area (Å²) in [6.07, 6.45) is 1.36. The Labute approximate surface area is 197 Å². The van der Waals surface area contributed by atoms with Gasteiger partial charge < -0.3 is 15.0 Å². The highest BCUT2D eigenvalue weighted by Gasteiger charge is 2.38. The van der Waals surface area contributed by atoms with Crippen LogP contribution in [0.15, 0.2) is 60.1 Å². The molecule has 1 aliphatic rings. The number of aryl methyl sites for hydroxylation is 1. The molecule has 0 fully saturated rings. The topological polar surface area (TPSA) is 89.3 Å². The van der Waals surface area contributed by atoms with E-state index in [0.717, 1.165) is 16.8 Å². The van der Waals surface area contributed by atoms with E-state index in [0.29, 0.717) is 22.8 Å². The zero-order valence-corrected chi connectivity index (χ0v) is 19.5. The van der Waals surface area contributed by atoms with Gasteiger partial charge in [0.05, 0.1) is 12.2 Å². The molecule has 8 nitrogen and oxygen atoms in total. The summed E-state index contributed by atoms with van der Waals surface area (Å²) in [5.74, 6) is -0.793. The van der Waals surface area contributed by atoms with Crippen molar-refractivity contribution in [3.05, 3.63) is 82.6 Å². The van der Waals surface area contributed by atoms with Crippen LogP contribution in [0.3, 0.4) is 0 Å². The number of amides is 1. The van der Waals surface area contributed by atoms with Crippen LogP contribution in [-0.4, -0.2) is 39.8 Å². The summed E-state index contributed by atoms with van der Waals surface area (Å²) in [4.78, 5) is 32.1. The highest BCUT2D eigenvalue weighted by Crippen LogP contribution is 2.38. The summed E-state index contributed by atoms with van der Waals surface area (Å²) in [6.45, 7) is 7.48. The standard InChI is InChI=1S/C25H26FN5O3/c1-5-34-24(33)22-17(4)30(13-21(32)29-20-8-6-7-15(2)16(20)3)25-27-14-28-31(25)23(22)18-9-11-19(26)12-10-18/h6-12,14,23H,5,13H2,1-4H3,(H,29,32). The van der Waals surface area contributed by atoms with Crippen molar-refractivity contribution >= 4 is 23.5 Å². The SMILES string of the molecule is CCOC(=O)C1=C(C)N(CC(=O)Nc2cccc(C)c2C)c2ncnn2C1c1ccc(F)cc1. The molecule has 0 bridgehead atoms. The lowest BCUT2D eigenvalue weighted by atomic mass is 9.95. The van der Waals surface area contributed by atoms with E-state index < -0.39 is 12.0 Å². The first-order valence-corrected chi connectivity index (χ1v) is 11.0. The van der Waals surface area contributed by atoms with Crippen LogP contribution in [0.2, 0.25) is 0 Å². The average Bonchev–Trinajstić information content (AvgIpc) is 3.29. The molecule has 1 atom stereocenters. The first kappa shape index (κ1) is 23.2. The third-order valence-electron chi connectivity index (χ3n) is 5.97. The molecule has 34 heavy (non-hydrogen) atoms. The fourth-order valence-electron chi connectivity index (χ4n) is 4.07. The van der Waals surface area contributed by atoms with E-state index in [4.69, 9.17) is 4.74 Å². The number of allylic oxidation sites excluding steroid dienone is 1. The number of fused-ring (bicyclic) bond motifs is 1. The minimum absolute atomic E-state index is 0.0864. The van der Waals surface area contributed by atoms with E-state index in [1.54, 1.807) is 35.6 Å². The molecule has 9 heteroatoms. The molecule has 1 N–H and O–H groups in total. The molecule has 2 aromatic carbocycles. The first-order valence-electron chi connectivity index (χ1n) is 11.0. The smallest absolute Gasteiger partial charge is 0.338 e. The lowest BCUT2D eigenvalue weighted by Crippen LogP contribution is -2.41. The van der Waals surface area contributed by atoms with E-state index in [1.807, 2.05) is 32.0 Å². The fourth-order valence-corrected chi connectivity index (χ4v) is 4.07. The molecule has 1 aromatic heterocycles. The lowest BCUT2D eigenvalue weighted by molar-refractivity contribution is -0.139. The van der Waals surface area contributed by atoms with Crippen molar-refractivity contribution in [1.82, 2.24) is 14.8 Å². The lowest BCUT2D eigenvalue weighted by Gasteiger charge is -2.35. The van der Waals surface area contributed by atoms with Crippen molar-refractivity contribution in [2.75, 3.05) is 23.4 Å². The number of nitrogens with zero attached hydrogens (tertiary/aromatic N) is 4. The van der Waals surface area contributed by atoms with Gasteiger partial charge in [-0.15, -0.1) is 0 Å². The molecule has 2 heterocycles. The Bertz CT molecular complexity index is 1270. The van der Waals surface area contributed by atoms with Gasteiger partial charge in [-0.3, -0.25) is 4.79 Å². The molecular formula is C25H26FN5O3. The maximum absolute atomic E-state index is 13.6. The van der Waals surface area contributed by atoms with E-state index in [9.17, 15) is 14.0 Å². The monoisotopic (exact) mass is 463 g/mol. The highest BCUT2D eigenvalue weighted by molar-refractivity contribution is 5.97. The molecule has 0 aliphatic carbocycles. The molecule has 3 aromatic rings. The number of nitrogens with one attached hydrogen (secondary N) is 1. The minimum Gasteiger partial charge on any atom is -0.463 e. The molecule has 0 spiro atoms. The number of hydrogen-bond acceptors (Lipinski definition) is 6. The zero-order valence-electron chi connectivity index (χ0n) is 19.5. The Morgan fingerprint density at radius 2 is 1.85 bits per heavy atom. The second kappa shape index (κ2) is 9.46. The van der Waals surface area contributed by atoms with Gasteiger partial charge in [-0.05, 0) is 62.6 Å². The molecule has 1 aliphatic heterocycles. The summed E-state index contributed by atoms with van der Waals surface area (Å²) in [6, 6.07) is 10.9. The van der Waals surface area contributed by atoms with Crippen molar-refractivity contribution < 1.29 is 18.7 Å². The summed E-state index contributed by atoms with van der Waals surface area (Å²) in [5, 5.41) is 7.27. The number of aromatic nitrogens is 3. The number of esters is 1. The van der Waals surface area contributed by atoms with Crippen LogP contribution in [0.1, 0.15) is 36.6 Å². The number of benzene rings is 2. The van der Waals surface area contributed by atoms with Crippen molar-refractivity contribution in [2.45, 2.75) is 33.7 Å². The summed E-state index contributed by atoms with van der Waals surface area (Å²) >= 11 is 0. The molecular weight excluding hydrogens is 437 g/mol. The molecule has 0 radical (unpaired) electrons. The quantitative estimate of drug-likeness (QED) is 0.558. The van der Waals surface area contributed by atoms with Crippen molar-refractivity contribution in [2.24, 2.45) is 0 Å². The minimum atomic E-state index is -0.671. The number of carbonyl (C=O) groups excluding carboxylic acids is 2. The van der Waals surface area contributed by atoms with Crippen LogP contribution < -0.4 is 10.2 Å². The van der Waals surface area contributed by atoms with E-state index in [2.05, 4.69) is 15.4 Å². The summed E-state index contributed by atoms with van der Waals surface area (Å²) < 4.78 is 20.5. The van der Waals surface area contributed by atoms with Crippen LogP contribution in [0, 0.1) is 19.7 Å². The van der Waals surface area contributed by atoms with Gasteiger partial charge in [0.2, 0.25) is 11.9 Å².